The number of carbonyl (C=O) groups is 2. The van der Waals surface area contributed by atoms with Crippen LogP contribution in [-0.2, 0) is 25.7 Å². The van der Waals surface area contributed by atoms with E-state index in [2.05, 4.69) is 10.1 Å². The highest BCUT2D eigenvalue weighted by atomic mass is 16.5. The van der Waals surface area contributed by atoms with Crippen molar-refractivity contribution in [1.29, 1.82) is 5.26 Å². The van der Waals surface area contributed by atoms with Crippen LogP contribution in [0.15, 0.2) is 30.3 Å². The van der Waals surface area contributed by atoms with E-state index < -0.39 is 17.9 Å². The lowest BCUT2D eigenvalue weighted by atomic mass is 9.99. The van der Waals surface area contributed by atoms with Gasteiger partial charge in [0.15, 0.2) is 0 Å². The maximum Gasteiger partial charge on any atom is 0.328 e. The zero-order valence-corrected chi connectivity index (χ0v) is 12.7. The van der Waals surface area contributed by atoms with Crippen molar-refractivity contribution in [2.24, 2.45) is 5.92 Å². The van der Waals surface area contributed by atoms with Gasteiger partial charge in [-0.25, -0.2) is 4.79 Å². The highest BCUT2D eigenvalue weighted by molar-refractivity contribution is 5.85. The molecule has 0 aromatic heterocycles. The van der Waals surface area contributed by atoms with Crippen LogP contribution in [-0.4, -0.2) is 31.6 Å². The summed E-state index contributed by atoms with van der Waals surface area (Å²) in [6, 6.07) is 10.6. The Labute approximate surface area is 130 Å². The van der Waals surface area contributed by atoms with Gasteiger partial charge in [0.1, 0.15) is 12.6 Å². The first kappa shape index (κ1) is 17.7. The number of hydrogen-bond donors (Lipinski definition) is 1. The minimum Gasteiger partial charge on any atom is -0.467 e. The summed E-state index contributed by atoms with van der Waals surface area (Å²) in [6.45, 7) is 1.85. The van der Waals surface area contributed by atoms with E-state index >= 15 is 0 Å². The van der Waals surface area contributed by atoms with Crippen LogP contribution >= 0.6 is 0 Å². The lowest BCUT2D eigenvalue weighted by Gasteiger charge is -2.21. The van der Waals surface area contributed by atoms with Gasteiger partial charge in [-0.2, -0.15) is 5.26 Å². The second-order valence-corrected chi connectivity index (χ2v) is 4.89. The first-order valence-electron chi connectivity index (χ1n) is 6.94. The topological polar surface area (TPSA) is 88.4 Å². The number of rotatable bonds is 8. The number of esters is 1. The molecule has 0 fully saturated rings. The Kier molecular flexibility index (Phi) is 7.65. The summed E-state index contributed by atoms with van der Waals surface area (Å²) < 4.78 is 9.96. The number of methoxy groups -OCH3 is 1. The molecular weight excluding hydrogens is 284 g/mol. The minimum atomic E-state index is -0.850. The lowest BCUT2D eigenvalue weighted by molar-refractivity contribution is -0.147. The smallest absolute Gasteiger partial charge is 0.328 e. The van der Waals surface area contributed by atoms with Gasteiger partial charge in [0.05, 0.1) is 19.8 Å². The molecule has 1 rings (SSSR count). The van der Waals surface area contributed by atoms with E-state index in [0.717, 1.165) is 5.56 Å². The molecule has 1 N–H and O–H groups in total. The third-order valence-electron chi connectivity index (χ3n) is 3.10. The second kappa shape index (κ2) is 9.53. The van der Waals surface area contributed by atoms with E-state index in [1.54, 1.807) is 6.92 Å². The zero-order valence-electron chi connectivity index (χ0n) is 12.7. The summed E-state index contributed by atoms with van der Waals surface area (Å²) in [5.41, 5.74) is 0.956. The highest BCUT2D eigenvalue weighted by Gasteiger charge is 2.27. The Hall–Kier alpha value is -2.39. The van der Waals surface area contributed by atoms with Crippen LogP contribution in [0.4, 0.5) is 0 Å². The molecule has 2 atom stereocenters. The van der Waals surface area contributed by atoms with Crippen LogP contribution in [0, 0.1) is 17.2 Å². The molecule has 6 nitrogen and oxygen atoms in total. The number of hydrogen-bond acceptors (Lipinski definition) is 5. The quantitative estimate of drug-likeness (QED) is 0.734. The molecule has 0 heterocycles. The number of nitrogens with one attached hydrogen (secondary N) is 1. The van der Waals surface area contributed by atoms with Crippen LogP contribution in [0.5, 0.6) is 0 Å². The molecule has 1 aromatic rings. The van der Waals surface area contributed by atoms with Crippen LogP contribution in [0.1, 0.15) is 18.9 Å². The number of ether oxygens (including phenoxy) is 2. The molecule has 0 spiro atoms. The molecule has 0 saturated heterocycles. The predicted octanol–water partition coefficient (Wildman–Crippen LogP) is 1.41. The normalized spacial score (nSPS) is 12.8. The van der Waals surface area contributed by atoms with Crippen molar-refractivity contribution in [3.8, 4) is 6.07 Å². The van der Waals surface area contributed by atoms with Crippen molar-refractivity contribution < 1.29 is 19.1 Å². The summed E-state index contributed by atoms with van der Waals surface area (Å²) in [5, 5.41) is 11.3. The summed E-state index contributed by atoms with van der Waals surface area (Å²) >= 11 is 0. The predicted molar refractivity (Wildman–Crippen MR) is 79.4 cm³/mol. The minimum absolute atomic E-state index is 0.144. The first-order chi connectivity index (χ1) is 10.6. The number of nitriles is 1. The lowest BCUT2D eigenvalue weighted by Crippen LogP contribution is -2.47. The van der Waals surface area contributed by atoms with E-state index in [1.165, 1.54) is 7.11 Å². The van der Waals surface area contributed by atoms with Gasteiger partial charge < -0.3 is 14.8 Å². The van der Waals surface area contributed by atoms with Gasteiger partial charge in [0, 0.05) is 12.3 Å². The van der Waals surface area contributed by atoms with E-state index in [0.29, 0.717) is 6.61 Å². The van der Waals surface area contributed by atoms with Crippen LogP contribution in [0.3, 0.4) is 0 Å². The molecule has 0 radical (unpaired) electrons. The maximum atomic E-state index is 11.8. The summed E-state index contributed by atoms with van der Waals surface area (Å²) in [7, 11) is 1.24. The SMILES string of the molecule is COC(=O)[C@H](NC(=O)COCc1ccccc1)[C@H](C)CC#N. The molecule has 0 aliphatic rings. The van der Waals surface area contributed by atoms with Gasteiger partial charge in [0.25, 0.3) is 0 Å². The summed E-state index contributed by atoms with van der Waals surface area (Å²) in [5.74, 6) is -1.33. The monoisotopic (exact) mass is 304 g/mol. The summed E-state index contributed by atoms with van der Waals surface area (Å²) in [6.07, 6.45) is 0.144. The third kappa shape index (κ3) is 5.94. The third-order valence-corrected chi connectivity index (χ3v) is 3.10. The van der Waals surface area contributed by atoms with E-state index in [4.69, 9.17) is 10.00 Å². The van der Waals surface area contributed by atoms with Gasteiger partial charge in [-0.1, -0.05) is 37.3 Å². The molecule has 0 saturated carbocycles. The molecule has 22 heavy (non-hydrogen) atoms. The molecule has 118 valence electrons. The van der Waals surface area contributed by atoms with E-state index in [1.807, 2.05) is 36.4 Å². The molecule has 1 aromatic carbocycles. The Balaban J connectivity index is 2.46. The fourth-order valence-corrected chi connectivity index (χ4v) is 1.87. The van der Waals surface area contributed by atoms with Crippen LogP contribution in [0.25, 0.3) is 0 Å². The largest absolute Gasteiger partial charge is 0.467 e. The maximum absolute atomic E-state index is 11.8. The second-order valence-electron chi connectivity index (χ2n) is 4.89. The van der Waals surface area contributed by atoms with Crippen LogP contribution in [0.2, 0.25) is 0 Å². The molecule has 0 aliphatic carbocycles. The molecule has 6 heteroatoms. The number of amides is 1. The fourth-order valence-electron chi connectivity index (χ4n) is 1.87. The Morgan fingerprint density at radius 3 is 2.59 bits per heavy atom. The highest BCUT2D eigenvalue weighted by Crippen LogP contribution is 2.09. The number of benzene rings is 1. The van der Waals surface area contributed by atoms with Crippen molar-refractivity contribution in [3.63, 3.8) is 0 Å². The zero-order chi connectivity index (χ0) is 16.4. The Morgan fingerprint density at radius 1 is 1.32 bits per heavy atom. The molecule has 0 bridgehead atoms. The van der Waals surface area contributed by atoms with Crippen molar-refractivity contribution in [2.45, 2.75) is 26.0 Å². The Bertz CT molecular complexity index is 525. The standard InChI is InChI=1S/C16H20N2O4/c1-12(8-9-17)15(16(20)21-2)18-14(19)11-22-10-13-6-4-3-5-7-13/h3-7,12,15H,8,10-11H2,1-2H3,(H,18,19)/t12-,15-/m1/s1. The van der Waals surface area contributed by atoms with E-state index in [9.17, 15) is 9.59 Å². The van der Waals surface area contributed by atoms with Crippen molar-refractivity contribution in [1.82, 2.24) is 5.32 Å². The van der Waals surface area contributed by atoms with Gasteiger partial charge in [-0.15, -0.1) is 0 Å². The van der Waals surface area contributed by atoms with Gasteiger partial charge in [0.2, 0.25) is 5.91 Å². The molecule has 0 aliphatic heterocycles. The van der Waals surface area contributed by atoms with Crippen molar-refractivity contribution in [2.75, 3.05) is 13.7 Å². The van der Waals surface area contributed by atoms with Gasteiger partial charge >= 0.3 is 5.97 Å². The van der Waals surface area contributed by atoms with Crippen molar-refractivity contribution in [3.05, 3.63) is 35.9 Å². The average molecular weight is 304 g/mol. The fraction of sp³-hybridized carbons (Fsp3) is 0.438. The molecule has 0 unspecified atom stereocenters. The summed E-state index contributed by atoms with van der Waals surface area (Å²) in [4.78, 5) is 23.5. The Morgan fingerprint density at radius 2 is 2.00 bits per heavy atom. The van der Waals surface area contributed by atoms with Crippen molar-refractivity contribution >= 4 is 11.9 Å². The van der Waals surface area contributed by atoms with Gasteiger partial charge in [-0.05, 0) is 5.56 Å². The number of carbonyl (C=O) groups excluding carboxylic acids is 2. The van der Waals surface area contributed by atoms with E-state index in [-0.39, 0.29) is 18.9 Å². The molecular formula is C16H20N2O4. The average Bonchev–Trinajstić information content (AvgIpc) is 2.53. The van der Waals surface area contributed by atoms with Gasteiger partial charge in [-0.3, -0.25) is 4.79 Å². The molecule has 1 amide bonds. The number of nitrogens with zero attached hydrogens (tertiary/aromatic N) is 1. The van der Waals surface area contributed by atoms with Crippen LogP contribution < -0.4 is 5.32 Å². The first-order valence-corrected chi connectivity index (χ1v) is 6.94.